The molecule has 0 aliphatic carbocycles. The number of hydrogen-bond acceptors (Lipinski definition) is 6. The maximum Gasteiger partial charge on any atom is 0.433 e. The van der Waals surface area contributed by atoms with Gasteiger partial charge in [0.15, 0.2) is 9.84 Å². The predicted octanol–water partition coefficient (Wildman–Crippen LogP) is 4.33. The number of carbonyl (C=O) groups excluding carboxylic acids is 1. The van der Waals surface area contributed by atoms with Crippen LogP contribution in [-0.4, -0.2) is 35.1 Å². The van der Waals surface area contributed by atoms with Gasteiger partial charge in [-0.25, -0.2) is 8.42 Å². The van der Waals surface area contributed by atoms with Gasteiger partial charge < -0.3 is 9.88 Å². The van der Waals surface area contributed by atoms with Crippen molar-refractivity contribution >= 4 is 15.7 Å². The number of aromatic nitrogens is 3. The topological polar surface area (TPSA) is 111 Å². The lowest BCUT2D eigenvalue weighted by Crippen LogP contribution is -2.31. The van der Waals surface area contributed by atoms with E-state index in [1.165, 1.54) is 30.6 Å². The summed E-state index contributed by atoms with van der Waals surface area (Å²) in [5.41, 5.74) is -1.29. The molecule has 0 radical (unpaired) electrons. The van der Waals surface area contributed by atoms with Crippen LogP contribution in [0.4, 0.5) is 13.2 Å². The summed E-state index contributed by atoms with van der Waals surface area (Å²) in [6.07, 6.45) is 1.27. The van der Waals surface area contributed by atoms with E-state index in [0.717, 1.165) is 18.5 Å². The molecular formula is C25H27F3N4O4S. The first-order valence-corrected chi connectivity index (χ1v) is 13.4. The van der Waals surface area contributed by atoms with Crippen molar-refractivity contribution in [3.8, 4) is 11.1 Å². The minimum atomic E-state index is -4.70. The third-order valence-corrected chi connectivity index (χ3v) is 7.16. The van der Waals surface area contributed by atoms with Crippen LogP contribution in [0, 0.1) is 6.92 Å². The Morgan fingerprint density at radius 1 is 1.14 bits per heavy atom. The Labute approximate surface area is 212 Å². The van der Waals surface area contributed by atoms with Crippen molar-refractivity contribution in [1.82, 2.24) is 19.9 Å². The summed E-state index contributed by atoms with van der Waals surface area (Å²) < 4.78 is 64.9. The third kappa shape index (κ3) is 6.24. The first kappa shape index (κ1) is 28.0. The number of sulfone groups is 1. The van der Waals surface area contributed by atoms with E-state index in [1.54, 1.807) is 11.5 Å². The fourth-order valence-electron chi connectivity index (χ4n) is 4.03. The molecule has 0 spiro atoms. The molecule has 37 heavy (non-hydrogen) atoms. The van der Waals surface area contributed by atoms with Gasteiger partial charge in [-0.15, -0.1) is 0 Å². The molecule has 0 unspecified atom stereocenters. The van der Waals surface area contributed by atoms with E-state index in [1.807, 2.05) is 13.8 Å². The lowest BCUT2D eigenvalue weighted by molar-refractivity contribution is -0.141. The number of halogens is 3. The number of pyridine rings is 3. The average Bonchev–Trinajstić information content (AvgIpc) is 2.84. The zero-order valence-corrected chi connectivity index (χ0v) is 21.6. The Hall–Kier alpha value is -3.54. The highest BCUT2D eigenvalue weighted by Gasteiger charge is 2.33. The van der Waals surface area contributed by atoms with Gasteiger partial charge in [-0.3, -0.25) is 19.6 Å². The Kier molecular flexibility index (Phi) is 8.21. The van der Waals surface area contributed by atoms with Gasteiger partial charge >= 0.3 is 6.18 Å². The maximum atomic E-state index is 13.5. The van der Waals surface area contributed by atoms with Gasteiger partial charge in [0.1, 0.15) is 11.3 Å². The number of rotatable bonds is 8. The number of carbonyl (C=O) groups is 1. The Morgan fingerprint density at radius 2 is 1.81 bits per heavy atom. The molecule has 0 saturated carbocycles. The number of hydrogen-bond donors (Lipinski definition) is 1. The van der Waals surface area contributed by atoms with Gasteiger partial charge in [-0.05, 0) is 49.6 Å². The molecular weight excluding hydrogens is 509 g/mol. The quantitative estimate of drug-likeness (QED) is 0.459. The highest BCUT2D eigenvalue weighted by Crippen LogP contribution is 2.31. The molecule has 0 saturated heterocycles. The second-order valence-corrected chi connectivity index (χ2v) is 10.6. The normalized spacial score (nSPS) is 12.1. The third-order valence-electron chi connectivity index (χ3n) is 6.06. The lowest BCUT2D eigenvalue weighted by atomic mass is 9.99. The largest absolute Gasteiger partial charge is 0.433 e. The van der Waals surface area contributed by atoms with Crippen molar-refractivity contribution < 1.29 is 26.4 Å². The fourth-order valence-corrected chi connectivity index (χ4v) is 4.59. The minimum Gasteiger partial charge on any atom is -0.347 e. The molecule has 3 aromatic rings. The zero-order valence-electron chi connectivity index (χ0n) is 20.8. The molecule has 8 nitrogen and oxygen atoms in total. The molecule has 0 aliphatic heterocycles. The Balaban J connectivity index is 2.06. The molecule has 0 aliphatic rings. The maximum absolute atomic E-state index is 13.5. The smallest absolute Gasteiger partial charge is 0.347 e. The molecule has 1 N–H and O–H groups in total. The van der Waals surface area contributed by atoms with Gasteiger partial charge in [0, 0.05) is 42.1 Å². The number of nitrogens with zero attached hydrogens (tertiary/aromatic N) is 3. The summed E-state index contributed by atoms with van der Waals surface area (Å²) in [7, 11) is -3.43. The van der Waals surface area contributed by atoms with E-state index in [0.29, 0.717) is 24.2 Å². The Morgan fingerprint density at radius 3 is 2.35 bits per heavy atom. The van der Waals surface area contributed by atoms with Crippen LogP contribution in [0.3, 0.4) is 0 Å². The summed E-state index contributed by atoms with van der Waals surface area (Å²) in [4.78, 5) is 34.0. The van der Waals surface area contributed by atoms with Gasteiger partial charge in [-0.2, -0.15) is 13.2 Å². The van der Waals surface area contributed by atoms with Crippen LogP contribution in [0.5, 0.6) is 0 Å². The first-order valence-electron chi connectivity index (χ1n) is 11.5. The molecule has 198 valence electrons. The molecule has 0 aromatic carbocycles. The van der Waals surface area contributed by atoms with Gasteiger partial charge in [0.05, 0.1) is 17.1 Å². The van der Waals surface area contributed by atoms with Crippen molar-refractivity contribution in [3.63, 3.8) is 0 Å². The van der Waals surface area contributed by atoms with Crippen LogP contribution >= 0.6 is 0 Å². The molecule has 12 heteroatoms. The fraction of sp³-hybridized carbons (Fsp3) is 0.360. The molecule has 0 atom stereocenters. The summed E-state index contributed by atoms with van der Waals surface area (Å²) in [6, 6.07) is 4.81. The number of nitrogens with one attached hydrogen (secondary N) is 1. The van der Waals surface area contributed by atoms with Crippen LogP contribution < -0.4 is 10.7 Å². The van der Waals surface area contributed by atoms with Gasteiger partial charge in [-0.1, -0.05) is 13.8 Å². The van der Waals surface area contributed by atoms with Crippen molar-refractivity contribution in [3.05, 3.63) is 75.7 Å². The predicted molar refractivity (Wildman–Crippen MR) is 132 cm³/mol. The molecule has 1 amide bonds. The van der Waals surface area contributed by atoms with E-state index >= 15 is 0 Å². The molecule has 0 bridgehead atoms. The summed E-state index contributed by atoms with van der Waals surface area (Å²) >= 11 is 0. The van der Waals surface area contributed by atoms with E-state index in [-0.39, 0.29) is 34.2 Å². The second kappa shape index (κ2) is 10.8. The number of alkyl halides is 3. The monoisotopic (exact) mass is 536 g/mol. The first-order chi connectivity index (χ1) is 17.3. The van der Waals surface area contributed by atoms with Gasteiger partial charge in [0.25, 0.3) is 5.91 Å². The number of amides is 1. The van der Waals surface area contributed by atoms with Crippen LogP contribution in [0.1, 0.15) is 60.2 Å². The van der Waals surface area contributed by atoms with Crippen molar-refractivity contribution in [2.24, 2.45) is 0 Å². The molecule has 0 fully saturated rings. The highest BCUT2D eigenvalue weighted by atomic mass is 32.2. The van der Waals surface area contributed by atoms with E-state index < -0.39 is 33.0 Å². The molecule has 3 rings (SSSR count). The summed E-state index contributed by atoms with van der Waals surface area (Å²) in [5, 5.41) is 2.59. The summed E-state index contributed by atoms with van der Waals surface area (Å²) in [6.45, 7) is 5.41. The van der Waals surface area contributed by atoms with Crippen LogP contribution in [0.25, 0.3) is 11.1 Å². The average molecular weight is 537 g/mol. The van der Waals surface area contributed by atoms with Crippen LogP contribution in [0.2, 0.25) is 0 Å². The van der Waals surface area contributed by atoms with Gasteiger partial charge in [0.2, 0.25) is 5.43 Å². The van der Waals surface area contributed by atoms with Crippen LogP contribution in [0.15, 0.2) is 52.5 Å². The van der Waals surface area contributed by atoms with E-state index in [4.69, 9.17) is 0 Å². The minimum absolute atomic E-state index is 0.0110. The van der Waals surface area contributed by atoms with E-state index in [2.05, 4.69) is 15.3 Å². The second-order valence-electron chi connectivity index (χ2n) is 8.58. The van der Waals surface area contributed by atoms with E-state index in [9.17, 15) is 31.2 Å². The SMILES string of the molecule is CCC(CC)n1cc(C(=O)NCc2ccc(S(C)(=O)=O)cn2)c(=O)c(-c2ccnc(C(F)(F)F)c2)c1C. The lowest BCUT2D eigenvalue weighted by Gasteiger charge is -2.24. The van der Waals surface area contributed by atoms with Crippen molar-refractivity contribution in [2.45, 2.75) is 57.3 Å². The Bertz CT molecular complexity index is 1460. The molecule has 3 heterocycles. The zero-order chi connectivity index (χ0) is 27.5. The highest BCUT2D eigenvalue weighted by molar-refractivity contribution is 7.90. The summed E-state index contributed by atoms with van der Waals surface area (Å²) in [5.74, 6) is -0.731. The standard InChI is InChI=1S/C25H27F3N4O4S/c1-5-18(6-2)32-14-20(24(34)31-12-17-7-8-19(13-30-17)37(4,35)36)23(33)22(15(32)3)16-9-10-29-21(11-16)25(26,27)28/h7-11,13-14,18H,5-6,12H2,1-4H3,(H,31,34). The van der Waals surface area contributed by atoms with Crippen molar-refractivity contribution in [2.75, 3.05) is 6.26 Å². The van der Waals surface area contributed by atoms with Crippen molar-refractivity contribution in [1.29, 1.82) is 0 Å². The molecule has 3 aromatic heterocycles. The van der Waals surface area contributed by atoms with Crippen LogP contribution in [-0.2, 0) is 22.6 Å².